The highest BCUT2D eigenvalue weighted by atomic mass is 16.2. The van der Waals surface area contributed by atoms with Crippen molar-refractivity contribution in [1.29, 1.82) is 0 Å². The lowest BCUT2D eigenvalue weighted by Gasteiger charge is -2.26. The second kappa shape index (κ2) is 7.36. The molecule has 1 aromatic rings. The summed E-state index contributed by atoms with van der Waals surface area (Å²) in [6, 6.07) is 7.97. The van der Waals surface area contributed by atoms with Crippen molar-refractivity contribution in [2.75, 3.05) is 0 Å². The number of Topliss-reactive ketones (excluding diaryl/α,β-unsaturated/α-hetero) is 1. The Hall–Kier alpha value is -1.68. The minimum Gasteiger partial charge on any atom is -0.353 e. The molecule has 1 aliphatic rings. The molecule has 1 aromatic carbocycles. The SMILES string of the molecule is Cc1ccc(C(=O)CCC(=O)NC2CCC(N)CC2)cc1. The Morgan fingerprint density at radius 2 is 1.71 bits per heavy atom. The molecular weight excluding hydrogens is 264 g/mol. The Balaban J connectivity index is 1.73. The minimum absolute atomic E-state index is 0.0239. The molecule has 0 aromatic heterocycles. The molecule has 0 atom stereocenters. The molecule has 1 aliphatic carbocycles. The van der Waals surface area contributed by atoms with Crippen molar-refractivity contribution >= 4 is 11.7 Å². The van der Waals surface area contributed by atoms with Crippen LogP contribution in [0, 0.1) is 6.92 Å². The molecule has 0 aliphatic heterocycles. The van der Waals surface area contributed by atoms with Gasteiger partial charge >= 0.3 is 0 Å². The molecule has 21 heavy (non-hydrogen) atoms. The quantitative estimate of drug-likeness (QED) is 0.817. The first-order valence-corrected chi connectivity index (χ1v) is 7.69. The Labute approximate surface area is 126 Å². The number of carbonyl (C=O) groups excluding carboxylic acids is 2. The predicted molar refractivity (Wildman–Crippen MR) is 83.1 cm³/mol. The van der Waals surface area contributed by atoms with Crippen molar-refractivity contribution in [1.82, 2.24) is 5.32 Å². The number of ketones is 1. The number of aryl methyl sites for hydroxylation is 1. The smallest absolute Gasteiger partial charge is 0.220 e. The second-order valence-electron chi connectivity index (χ2n) is 5.97. The van der Waals surface area contributed by atoms with Crippen LogP contribution in [0.4, 0.5) is 0 Å². The molecule has 0 heterocycles. The van der Waals surface area contributed by atoms with Gasteiger partial charge in [-0.05, 0) is 32.6 Å². The summed E-state index contributed by atoms with van der Waals surface area (Å²) in [4.78, 5) is 23.9. The normalized spacial score (nSPS) is 21.8. The summed E-state index contributed by atoms with van der Waals surface area (Å²) in [6.07, 6.45) is 4.34. The van der Waals surface area contributed by atoms with Gasteiger partial charge in [0.2, 0.25) is 5.91 Å². The number of rotatable bonds is 5. The van der Waals surface area contributed by atoms with Gasteiger partial charge in [0.1, 0.15) is 0 Å². The number of amides is 1. The standard InChI is InChI=1S/C17H24N2O2/c1-12-2-4-13(5-3-12)16(20)10-11-17(21)19-15-8-6-14(18)7-9-15/h2-5,14-15H,6-11,18H2,1H3,(H,19,21). The topological polar surface area (TPSA) is 72.2 Å². The first kappa shape index (κ1) is 15.7. The van der Waals surface area contributed by atoms with Crippen molar-refractivity contribution in [3.05, 3.63) is 35.4 Å². The first-order valence-electron chi connectivity index (χ1n) is 7.69. The third-order valence-electron chi connectivity index (χ3n) is 4.09. The molecule has 1 fully saturated rings. The number of hydrogen-bond acceptors (Lipinski definition) is 3. The molecule has 1 saturated carbocycles. The lowest BCUT2D eigenvalue weighted by atomic mass is 9.91. The molecule has 0 spiro atoms. The summed E-state index contributed by atoms with van der Waals surface area (Å²) in [5, 5.41) is 3.01. The van der Waals surface area contributed by atoms with Crippen LogP contribution in [0.1, 0.15) is 54.4 Å². The molecule has 0 unspecified atom stereocenters. The summed E-state index contributed by atoms with van der Waals surface area (Å²) in [6.45, 7) is 1.98. The van der Waals surface area contributed by atoms with Crippen LogP contribution in [0.15, 0.2) is 24.3 Å². The van der Waals surface area contributed by atoms with Crippen molar-refractivity contribution in [3.8, 4) is 0 Å². The highest BCUT2D eigenvalue weighted by molar-refractivity contribution is 5.97. The summed E-state index contributed by atoms with van der Waals surface area (Å²) < 4.78 is 0. The van der Waals surface area contributed by atoms with Crippen LogP contribution in [-0.4, -0.2) is 23.8 Å². The van der Waals surface area contributed by atoms with Crippen LogP contribution < -0.4 is 11.1 Å². The van der Waals surface area contributed by atoms with E-state index < -0.39 is 0 Å². The number of hydrogen-bond donors (Lipinski definition) is 2. The Morgan fingerprint density at radius 1 is 1.10 bits per heavy atom. The lowest BCUT2D eigenvalue weighted by Crippen LogP contribution is -2.40. The Bertz CT molecular complexity index is 488. The zero-order chi connectivity index (χ0) is 15.2. The zero-order valence-corrected chi connectivity index (χ0v) is 12.6. The molecule has 3 N–H and O–H groups in total. The van der Waals surface area contributed by atoms with Gasteiger partial charge in [0, 0.05) is 30.5 Å². The predicted octanol–water partition coefficient (Wildman–Crippen LogP) is 2.34. The third kappa shape index (κ3) is 4.97. The van der Waals surface area contributed by atoms with Crippen LogP contribution in [0.2, 0.25) is 0 Å². The molecule has 0 saturated heterocycles. The van der Waals surface area contributed by atoms with E-state index in [1.165, 1.54) is 0 Å². The van der Waals surface area contributed by atoms with Crippen molar-refractivity contribution in [2.24, 2.45) is 5.73 Å². The van der Waals surface area contributed by atoms with E-state index in [0.717, 1.165) is 31.2 Å². The van der Waals surface area contributed by atoms with Crippen LogP contribution in [0.25, 0.3) is 0 Å². The third-order valence-corrected chi connectivity index (χ3v) is 4.09. The molecule has 114 valence electrons. The molecule has 0 bridgehead atoms. The van der Waals surface area contributed by atoms with Gasteiger partial charge < -0.3 is 11.1 Å². The average Bonchev–Trinajstić information content (AvgIpc) is 2.48. The fourth-order valence-corrected chi connectivity index (χ4v) is 2.67. The van der Waals surface area contributed by atoms with E-state index in [9.17, 15) is 9.59 Å². The van der Waals surface area contributed by atoms with E-state index in [1.54, 1.807) is 0 Å². The number of benzene rings is 1. The van der Waals surface area contributed by atoms with Crippen molar-refractivity contribution in [3.63, 3.8) is 0 Å². The van der Waals surface area contributed by atoms with Gasteiger partial charge in [-0.3, -0.25) is 9.59 Å². The summed E-state index contributed by atoms with van der Waals surface area (Å²) in [5.74, 6) is -0.00764. The summed E-state index contributed by atoms with van der Waals surface area (Å²) in [7, 11) is 0. The fraction of sp³-hybridized carbons (Fsp3) is 0.529. The number of carbonyl (C=O) groups is 2. The van der Waals surface area contributed by atoms with E-state index in [2.05, 4.69) is 5.32 Å². The molecule has 0 radical (unpaired) electrons. The van der Waals surface area contributed by atoms with Gasteiger partial charge in [-0.2, -0.15) is 0 Å². The van der Waals surface area contributed by atoms with E-state index in [1.807, 2.05) is 31.2 Å². The summed E-state index contributed by atoms with van der Waals surface area (Å²) in [5.41, 5.74) is 7.65. The molecule has 1 amide bonds. The van der Waals surface area contributed by atoms with Gasteiger partial charge in [0.25, 0.3) is 0 Å². The highest BCUT2D eigenvalue weighted by Crippen LogP contribution is 2.17. The fourth-order valence-electron chi connectivity index (χ4n) is 2.67. The lowest BCUT2D eigenvalue weighted by molar-refractivity contribution is -0.122. The molecular formula is C17H24N2O2. The largest absolute Gasteiger partial charge is 0.353 e. The van der Waals surface area contributed by atoms with Gasteiger partial charge in [0.15, 0.2) is 5.78 Å². The minimum atomic E-state index is -0.0315. The number of nitrogens with two attached hydrogens (primary N) is 1. The first-order chi connectivity index (χ1) is 10.0. The summed E-state index contributed by atoms with van der Waals surface area (Å²) >= 11 is 0. The Morgan fingerprint density at radius 3 is 2.33 bits per heavy atom. The van der Waals surface area contributed by atoms with Gasteiger partial charge in [-0.1, -0.05) is 29.8 Å². The number of nitrogens with one attached hydrogen (secondary N) is 1. The maximum atomic E-state index is 12.0. The maximum Gasteiger partial charge on any atom is 0.220 e. The maximum absolute atomic E-state index is 12.0. The van der Waals surface area contributed by atoms with Crippen LogP contribution in [-0.2, 0) is 4.79 Å². The van der Waals surface area contributed by atoms with Crippen LogP contribution in [0.3, 0.4) is 0 Å². The monoisotopic (exact) mass is 288 g/mol. The second-order valence-corrected chi connectivity index (χ2v) is 5.97. The van der Waals surface area contributed by atoms with Crippen molar-refractivity contribution < 1.29 is 9.59 Å². The van der Waals surface area contributed by atoms with E-state index in [4.69, 9.17) is 5.73 Å². The molecule has 4 nitrogen and oxygen atoms in total. The Kier molecular flexibility index (Phi) is 5.51. The van der Waals surface area contributed by atoms with Crippen molar-refractivity contribution in [2.45, 2.75) is 57.5 Å². The highest BCUT2D eigenvalue weighted by Gasteiger charge is 2.20. The van der Waals surface area contributed by atoms with Crippen LogP contribution in [0.5, 0.6) is 0 Å². The van der Waals surface area contributed by atoms with Gasteiger partial charge in [-0.15, -0.1) is 0 Å². The van der Waals surface area contributed by atoms with Crippen LogP contribution >= 0.6 is 0 Å². The van der Waals surface area contributed by atoms with E-state index >= 15 is 0 Å². The van der Waals surface area contributed by atoms with E-state index in [0.29, 0.717) is 5.56 Å². The molecule has 4 heteroatoms. The zero-order valence-electron chi connectivity index (χ0n) is 12.6. The average molecular weight is 288 g/mol. The van der Waals surface area contributed by atoms with E-state index in [-0.39, 0.29) is 36.6 Å². The molecule has 2 rings (SSSR count). The van der Waals surface area contributed by atoms with Gasteiger partial charge in [0.05, 0.1) is 0 Å². The van der Waals surface area contributed by atoms with Gasteiger partial charge in [-0.25, -0.2) is 0 Å².